The van der Waals surface area contributed by atoms with Gasteiger partial charge in [-0.2, -0.15) is 0 Å². The zero-order valence-corrected chi connectivity index (χ0v) is 19.5. The molecule has 1 saturated heterocycles. The number of amides is 2. The summed E-state index contributed by atoms with van der Waals surface area (Å²) in [5.41, 5.74) is 2.71. The number of piperidine rings is 1. The van der Waals surface area contributed by atoms with Crippen molar-refractivity contribution in [2.45, 2.75) is 58.0 Å². The number of carbonyl (C=O) groups excluding carboxylic acids is 2. The first-order valence-electron chi connectivity index (χ1n) is 11.9. The SMILES string of the molecule is CCN(CC)C(=O)C[C@H]1CC2(CCN(C(=O)c3ccc(C)cc3)CC2)Oc2ccccc21. The fraction of sp³-hybridized carbons (Fsp3) is 0.481. The average Bonchev–Trinajstić information content (AvgIpc) is 2.80. The third-order valence-corrected chi connectivity index (χ3v) is 7.10. The van der Waals surface area contributed by atoms with Gasteiger partial charge >= 0.3 is 0 Å². The number of para-hydroxylation sites is 1. The Morgan fingerprint density at radius 3 is 2.34 bits per heavy atom. The summed E-state index contributed by atoms with van der Waals surface area (Å²) in [6, 6.07) is 15.9. The Morgan fingerprint density at radius 2 is 1.69 bits per heavy atom. The van der Waals surface area contributed by atoms with E-state index in [1.807, 2.05) is 73.0 Å². The van der Waals surface area contributed by atoms with Crippen molar-refractivity contribution in [3.63, 3.8) is 0 Å². The number of hydrogen-bond acceptors (Lipinski definition) is 3. The van der Waals surface area contributed by atoms with Gasteiger partial charge in [0, 0.05) is 56.9 Å². The van der Waals surface area contributed by atoms with Crippen LogP contribution in [-0.4, -0.2) is 53.4 Å². The number of hydrogen-bond donors (Lipinski definition) is 0. The van der Waals surface area contributed by atoms with Crippen LogP contribution in [0.4, 0.5) is 0 Å². The zero-order chi connectivity index (χ0) is 22.7. The summed E-state index contributed by atoms with van der Waals surface area (Å²) in [4.78, 5) is 29.7. The van der Waals surface area contributed by atoms with Gasteiger partial charge in [0.1, 0.15) is 11.4 Å². The van der Waals surface area contributed by atoms with Crippen molar-refractivity contribution in [3.05, 3.63) is 65.2 Å². The molecule has 1 atom stereocenters. The van der Waals surface area contributed by atoms with Crippen LogP contribution in [0.15, 0.2) is 48.5 Å². The lowest BCUT2D eigenvalue weighted by Crippen LogP contribution is -2.52. The number of fused-ring (bicyclic) bond motifs is 1. The number of aryl methyl sites for hydroxylation is 1. The van der Waals surface area contributed by atoms with Crippen LogP contribution in [0, 0.1) is 6.92 Å². The highest BCUT2D eigenvalue weighted by molar-refractivity contribution is 5.94. The second-order valence-electron chi connectivity index (χ2n) is 9.15. The zero-order valence-electron chi connectivity index (χ0n) is 19.5. The molecule has 1 fully saturated rings. The fourth-order valence-corrected chi connectivity index (χ4v) is 5.15. The summed E-state index contributed by atoms with van der Waals surface area (Å²) in [6.45, 7) is 8.90. The minimum absolute atomic E-state index is 0.0873. The van der Waals surface area contributed by atoms with Crippen LogP contribution in [0.1, 0.15) is 66.9 Å². The maximum absolute atomic E-state index is 13.0. The van der Waals surface area contributed by atoms with Crippen molar-refractivity contribution >= 4 is 11.8 Å². The summed E-state index contributed by atoms with van der Waals surface area (Å²) in [6.07, 6.45) is 2.91. The first-order valence-corrected chi connectivity index (χ1v) is 11.9. The molecule has 2 aliphatic heterocycles. The Kier molecular flexibility index (Phi) is 6.54. The first-order chi connectivity index (χ1) is 15.4. The summed E-state index contributed by atoms with van der Waals surface area (Å²) < 4.78 is 6.57. The topological polar surface area (TPSA) is 49.9 Å². The molecule has 0 radical (unpaired) electrons. The van der Waals surface area contributed by atoms with Gasteiger partial charge in [-0.15, -0.1) is 0 Å². The minimum Gasteiger partial charge on any atom is -0.487 e. The smallest absolute Gasteiger partial charge is 0.253 e. The number of likely N-dealkylation sites (tertiary alicyclic amines) is 1. The second kappa shape index (κ2) is 9.35. The van der Waals surface area contributed by atoms with E-state index in [1.54, 1.807) is 0 Å². The molecule has 32 heavy (non-hydrogen) atoms. The van der Waals surface area contributed by atoms with E-state index in [4.69, 9.17) is 4.74 Å². The van der Waals surface area contributed by atoms with Crippen LogP contribution in [0.25, 0.3) is 0 Å². The summed E-state index contributed by atoms with van der Waals surface area (Å²) in [5.74, 6) is 1.34. The number of rotatable bonds is 5. The number of nitrogens with zero attached hydrogens (tertiary/aromatic N) is 2. The molecule has 2 aromatic rings. The number of benzene rings is 2. The second-order valence-corrected chi connectivity index (χ2v) is 9.15. The van der Waals surface area contributed by atoms with Crippen LogP contribution in [0.3, 0.4) is 0 Å². The van der Waals surface area contributed by atoms with E-state index in [1.165, 1.54) is 0 Å². The minimum atomic E-state index is -0.313. The lowest BCUT2D eigenvalue weighted by Gasteiger charge is -2.47. The maximum Gasteiger partial charge on any atom is 0.253 e. The molecular formula is C27H34N2O3. The number of carbonyl (C=O) groups is 2. The molecule has 0 unspecified atom stereocenters. The molecule has 4 rings (SSSR count). The fourth-order valence-electron chi connectivity index (χ4n) is 5.15. The van der Waals surface area contributed by atoms with Crippen LogP contribution >= 0.6 is 0 Å². The highest BCUT2D eigenvalue weighted by atomic mass is 16.5. The molecule has 0 bridgehead atoms. The largest absolute Gasteiger partial charge is 0.487 e. The van der Waals surface area contributed by atoms with Crippen molar-refractivity contribution in [1.82, 2.24) is 9.80 Å². The molecule has 2 aromatic carbocycles. The van der Waals surface area contributed by atoms with Crippen LogP contribution < -0.4 is 4.74 Å². The van der Waals surface area contributed by atoms with Gasteiger partial charge in [0.15, 0.2) is 0 Å². The van der Waals surface area contributed by atoms with Crippen LogP contribution in [0.2, 0.25) is 0 Å². The summed E-state index contributed by atoms with van der Waals surface area (Å²) in [7, 11) is 0. The maximum atomic E-state index is 13.0. The molecule has 0 aromatic heterocycles. The van der Waals surface area contributed by atoms with Gasteiger partial charge in [-0.05, 0) is 51.0 Å². The summed E-state index contributed by atoms with van der Waals surface area (Å²) in [5, 5.41) is 0. The van der Waals surface area contributed by atoms with Crippen molar-refractivity contribution < 1.29 is 14.3 Å². The van der Waals surface area contributed by atoms with E-state index in [-0.39, 0.29) is 23.3 Å². The van der Waals surface area contributed by atoms with Crippen molar-refractivity contribution in [2.24, 2.45) is 0 Å². The van der Waals surface area contributed by atoms with Crippen LogP contribution in [0.5, 0.6) is 5.75 Å². The predicted molar refractivity (Wildman–Crippen MR) is 126 cm³/mol. The van der Waals surface area contributed by atoms with Crippen molar-refractivity contribution in [2.75, 3.05) is 26.2 Å². The molecule has 170 valence electrons. The number of ether oxygens (including phenoxy) is 1. The Morgan fingerprint density at radius 1 is 1.03 bits per heavy atom. The van der Waals surface area contributed by atoms with E-state index in [0.717, 1.165) is 54.8 Å². The van der Waals surface area contributed by atoms with Gasteiger partial charge in [0.2, 0.25) is 5.91 Å². The standard InChI is InChI=1S/C27H34N2O3/c1-4-28(5-2)25(30)18-22-19-27(32-24-9-7-6-8-23(22)24)14-16-29(17-15-27)26(31)21-12-10-20(3)11-13-21/h6-13,22H,4-5,14-19H2,1-3H3/t22-/m0/s1. The Hall–Kier alpha value is -2.82. The third-order valence-electron chi connectivity index (χ3n) is 7.10. The normalized spacial score (nSPS) is 19.2. The Balaban J connectivity index is 1.49. The van der Waals surface area contributed by atoms with Gasteiger partial charge < -0.3 is 14.5 Å². The molecule has 2 amide bonds. The lowest BCUT2D eigenvalue weighted by molar-refractivity contribution is -0.131. The average molecular weight is 435 g/mol. The molecule has 0 aliphatic carbocycles. The molecule has 0 saturated carbocycles. The molecule has 5 heteroatoms. The van der Waals surface area contributed by atoms with Gasteiger partial charge in [-0.3, -0.25) is 9.59 Å². The summed E-state index contributed by atoms with van der Waals surface area (Å²) >= 11 is 0. The molecule has 1 spiro atoms. The molecule has 2 aliphatic rings. The van der Waals surface area contributed by atoms with E-state index in [9.17, 15) is 9.59 Å². The Labute approximate surface area is 191 Å². The van der Waals surface area contributed by atoms with Crippen molar-refractivity contribution in [3.8, 4) is 5.75 Å². The van der Waals surface area contributed by atoms with Gasteiger partial charge in [-0.1, -0.05) is 35.9 Å². The third kappa shape index (κ3) is 4.52. The van der Waals surface area contributed by atoms with Gasteiger partial charge in [-0.25, -0.2) is 0 Å². The van der Waals surface area contributed by atoms with Crippen LogP contribution in [-0.2, 0) is 4.79 Å². The molecule has 2 heterocycles. The monoisotopic (exact) mass is 434 g/mol. The van der Waals surface area contributed by atoms with E-state index in [2.05, 4.69) is 6.07 Å². The first kappa shape index (κ1) is 22.4. The lowest BCUT2D eigenvalue weighted by atomic mass is 9.76. The molecule has 5 nitrogen and oxygen atoms in total. The quantitative estimate of drug-likeness (QED) is 0.680. The highest BCUT2D eigenvalue weighted by Gasteiger charge is 2.44. The van der Waals surface area contributed by atoms with Gasteiger partial charge in [0.25, 0.3) is 5.91 Å². The molecular weight excluding hydrogens is 400 g/mol. The van der Waals surface area contributed by atoms with E-state index < -0.39 is 0 Å². The van der Waals surface area contributed by atoms with Crippen molar-refractivity contribution in [1.29, 1.82) is 0 Å². The Bertz CT molecular complexity index is 957. The molecule has 0 N–H and O–H groups in total. The van der Waals surface area contributed by atoms with E-state index >= 15 is 0 Å². The predicted octanol–water partition coefficient (Wildman–Crippen LogP) is 4.79. The van der Waals surface area contributed by atoms with Gasteiger partial charge in [0.05, 0.1) is 0 Å². The van der Waals surface area contributed by atoms with E-state index in [0.29, 0.717) is 19.5 Å². The highest BCUT2D eigenvalue weighted by Crippen LogP contribution is 2.46.